The van der Waals surface area contributed by atoms with Gasteiger partial charge in [0.25, 0.3) is 0 Å². The van der Waals surface area contributed by atoms with Crippen LogP contribution in [0.1, 0.15) is 68.3 Å². The number of ether oxygens (including phenoxy) is 1. The van der Waals surface area contributed by atoms with E-state index in [0.29, 0.717) is 38.0 Å². The normalized spacial score (nSPS) is 14.6. The molecule has 3 aromatic heterocycles. The van der Waals surface area contributed by atoms with Crippen LogP contribution in [0.15, 0.2) is 59.2 Å². The third kappa shape index (κ3) is 6.91. The van der Waals surface area contributed by atoms with Crippen molar-refractivity contribution in [3.05, 3.63) is 77.7 Å². The average molecular weight is 583 g/mol. The number of allylic oxidation sites excluding steroid dienone is 1. The molecule has 1 fully saturated rings. The van der Waals surface area contributed by atoms with Gasteiger partial charge in [0.15, 0.2) is 11.7 Å². The number of aliphatic hydroxyl groups is 1. The Bertz CT molecular complexity index is 1640. The molecule has 1 amide bonds. The number of hydrogen-bond donors (Lipinski definition) is 1. The monoisotopic (exact) mass is 582 g/mol. The molecule has 43 heavy (non-hydrogen) atoms. The molecule has 1 aliphatic rings. The first-order valence-electron chi connectivity index (χ1n) is 15.3. The number of pyridine rings is 1. The predicted octanol–water partition coefficient (Wildman–Crippen LogP) is 7.60. The Morgan fingerprint density at radius 1 is 1.12 bits per heavy atom. The summed E-state index contributed by atoms with van der Waals surface area (Å²) >= 11 is 0. The van der Waals surface area contributed by atoms with Gasteiger partial charge in [-0.25, -0.2) is 9.97 Å². The van der Waals surface area contributed by atoms with E-state index in [0.717, 1.165) is 58.5 Å². The van der Waals surface area contributed by atoms with Crippen LogP contribution in [0.25, 0.3) is 39.7 Å². The van der Waals surface area contributed by atoms with E-state index >= 15 is 0 Å². The number of benzene rings is 1. The Morgan fingerprint density at radius 3 is 2.60 bits per heavy atom. The highest BCUT2D eigenvalue weighted by Crippen LogP contribution is 2.37. The van der Waals surface area contributed by atoms with Crippen molar-refractivity contribution in [2.24, 2.45) is 0 Å². The molecule has 4 aromatic rings. The van der Waals surface area contributed by atoms with E-state index in [1.54, 1.807) is 6.08 Å². The van der Waals surface area contributed by atoms with Crippen LogP contribution in [0, 0.1) is 13.8 Å². The van der Waals surface area contributed by atoms with Crippen LogP contribution in [0.3, 0.4) is 0 Å². The molecule has 1 aromatic carbocycles. The topological polar surface area (TPSA) is 93.6 Å². The van der Waals surface area contributed by atoms with Crippen LogP contribution < -0.4 is 0 Å². The van der Waals surface area contributed by atoms with Crippen molar-refractivity contribution in [1.29, 1.82) is 0 Å². The Balaban J connectivity index is 1.61. The SMILES string of the molecule is C=C(O)/C=C/c1cc(C(C)CCCCC)c(-c2ccc3nc(-c4oc(C)nc4C)ccc3c2)n1CC(=O)N1CCOCC1. The second kappa shape index (κ2) is 13.4. The number of aryl methyl sites for hydroxylation is 2. The van der Waals surface area contributed by atoms with Crippen LogP contribution in [-0.4, -0.2) is 56.8 Å². The lowest BCUT2D eigenvalue weighted by Crippen LogP contribution is -2.42. The number of rotatable bonds is 11. The third-order valence-corrected chi connectivity index (χ3v) is 8.13. The minimum absolute atomic E-state index is 0.0314. The van der Waals surface area contributed by atoms with Gasteiger partial charge in [-0.05, 0) is 66.8 Å². The molecule has 5 rings (SSSR count). The van der Waals surface area contributed by atoms with Crippen LogP contribution in [0.4, 0.5) is 0 Å². The highest BCUT2D eigenvalue weighted by molar-refractivity contribution is 5.87. The van der Waals surface area contributed by atoms with Gasteiger partial charge in [0.2, 0.25) is 5.91 Å². The average Bonchev–Trinajstić information content (AvgIpc) is 3.54. The largest absolute Gasteiger partial charge is 0.509 e. The molecule has 4 heterocycles. The number of fused-ring (bicyclic) bond motifs is 1. The van der Waals surface area contributed by atoms with E-state index < -0.39 is 0 Å². The summed E-state index contributed by atoms with van der Waals surface area (Å²) in [5.74, 6) is 1.60. The minimum Gasteiger partial charge on any atom is -0.509 e. The second-order valence-corrected chi connectivity index (χ2v) is 11.4. The molecule has 1 unspecified atom stereocenters. The van der Waals surface area contributed by atoms with Crippen molar-refractivity contribution in [3.63, 3.8) is 0 Å². The number of unbranched alkanes of at least 4 members (excludes halogenated alkanes) is 2. The molecule has 0 aliphatic carbocycles. The Morgan fingerprint density at radius 2 is 1.91 bits per heavy atom. The number of carbonyl (C=O) groups is 1. The molecule has 0 radical (unpaired) electrons. The molecule has 8 nitrogen and oxygen atoms in total. The van der Waals surface area contributed by atoms with E-state index in [-0.39, 0.29) is 24.1 Å². The van der Waals surface area contributed by atoms with Gasteiger partial charge in [-0.3, -0.25) is 4.79 Å². The van der Waals surface area contributed by atoms with Crippen molar-refractivity contribution in [2.75, 3.05) is 26.3 Å². The van der Waals surface area contributed by atoms with Gasteiger partial charge in [0, 0.05) is 31.1 Å². The van der Waals surface area contributed by atoms with Gasteiger partial charge in [0.1, 0.15) is 18.0 Å². The second-order valence-electron chi connectivity index (χ2n) is 11.4. The first-order valence-corrected chi connectivity index (χ1v) is 15.3. The van der Waals surface area contributed by atoms with Crippen molar-refractivity contribution in [2.45, 2.75) is 65.8 Å². The van der Waals surface area contributed by atoms with Crippen LogP contribution in [0.5, 0.6) is 0 Å². The summed E-state index contributed by atoms with van der Waals surface area (Å²) in [6, 6.07) is 12.5. The molecule has 226 valence electrons. The van der Waals surface area contributed by atoms with Gasteiger partial charge >= 0.3 is 0 Å². The molecule has 0 spiro atoms. The van der Waals surface area contributed by atoms with Crippen molar-refractivity contribution in [3.8, 4) is 22.7 Å². The maximum absolute atomic E-state index is 13.6. The molecule has 0 saturated carbocycles. The lowest BCUT2D eigenvalue weighted by atomic mass is 9.92. The molecule has 1 N–H and O–H groups in total. The first-order chi connectivity index (χ1) is 20.7. The maximum atomic E-state index is 13.6. The number of amides is 1. The van der Waals surface area contributed by atoms with Gasteiger partial charge in [-0.15, -0.1) is 0 Å². The number of oxazole rings is 1. The molecular weight excluding hydrogens is 540 g/mol. The number of aliphatic hydroxyl groups excluding tert-OH is 1. The molecule has 1 aliphatic heterocycles. The van der Waals surface area contributed by atoms with E-state index in [2.05, 4.69) is 54.2 Å². The highest BCUT2D eigenvalue weighted by atomic mass is 16.5. The van der Waals surface area contributed by atoms with Crippen LogP contribution in [0.2, 0.25) is 0 Å². The zero-order valence-electron chi connectivity index (χ0n) is 25.7. The molecule has 1 saturated heterocycles. The van der Waals surface area contributed by atoms with Crippen molar-refractivity contribution < 1.29 is 19.1 Å². The van der Waals surface area contributed by atoms with E-state index in [1.165, 1.54) is 12.0 Å². The molecule has 8 heteroatoms. The van der Waals surface area contributed by atoms with Gasteiger partial charge in [-0.2, -0.15) is 0 Å². The molecule has 1 atom stereocenters. The van der Waals surface area contributed by atoms with Crippen molar-refractivity contribution >= 4 is 22.9 Å². The quantitative estimate of drug-likeness (QED) is 0.111. The number of aromatic nitrogens is 3. The summed E-state index contributed by atoms with van der Waals surface area (Å²) in [4.78, 5) is 24.7. The predicted molar refractivity (Wildman–Crippen MR) is 171 cm³/mol. The number of hydrogen-bond acceptors (Lipinski definition) is 6. The number of nitrogens with zero attached hydrogens (tertiary/aromatic N) is 4. The minimum atomic E-state index is -0.0314. The summed E-state index contributed by atoms with van der Waals surface area (Å²) in [7, 11) is 0. The molecule has 0 bridgehead atoms. The maximum Gasteiger partial charge on any atom is 0.242 e. The zero-order chi connectivity index (χ0) is 30.5. The first kappa shape index (κ1) is 30.3. The number of morpholine rings is 1. The Hall–Kier alpha value is -4.17. The fourth-order valence-electron chi connectivity index (χ4n) is 5.85. The number of carbonyl (C=O) groups excluding carboxylic acids is 1. The standard InChI is InChI=1S/C35H42N4O4/c1-6-7-8-9-23(2)30-21-29(13-10-24(3)40)39(22-33(41)38-16-18-42-19-17-38)34(30)28-12-14-31-27(20-28)11-15-32(37-31)35-25(4)36-26(5)43-35/h10-15,20-21,23,40H,3,6-9,16-19,22H2,1-2,4-5H3/b13-10+. The Kier molecular flexibility index (Phi) is 9.46. The van der Waals surface area contributed by atoms with E-state index in [1.807, 2.05) is 37.0 Å². The van der Waals surface area contributed by atoms with Crippen molar-refractivity contribution in [1.82, 2.24) is 19.4 Å². The summed E-state index contributed by atoms with van der Waals surface area (Å²) in [6.45, 7) is 14.3. The fraction of sp³-hybridized carbons (Fsp3) is 0.400. The lowest BCUT2D eigenvalue weighted by Gasteiger charge is -2.28. The molecular formula is C35H42N4O4. The van der Waals surface area contributed by atoms with Gasteiger partial charge in [-0.1, -0.05) is 51.8 Å². The lowest BCUT2D eigenvalue weighted by molar-refractivity contribution is -0.135. The Labute approximate surface area is 253 Å². The smallest absolute Gasteiger partial charge is 0.242 e. The summed E-state index contributed by atoms with van der Waals surface area (Å²) in [5.41, 5.74) is 6.49. The summed E-state index contributed by atoms with van der Waals surface area (Å²) < 4.78 is 13.4. The van der Waals surface area contributed by atoms with Crippen LogP contribution in [-0.2, 0) is 16.1 Å². The zero-order valence-corrected chi connectivity index (χ0v) is 25.7. The van der Waals surface area contributed by atoms with E-state index in [9.17, 15) is 9.90 Å². The highest BCUT2D eigenvalue weighted by Gasteiger charge is 2.24. The van der Waals surface area contributed by atoms with Gasteiger partial charge < -0.3 is 23.7 Å². The fourth-order valence-corrected chi connectivity index (χ4v) is 5.85. The van der Waals surface area contributed by atoms with E-state index in [4.69, 9.17) is 14.1 Å². The third-order valence-electron chi connectivity index (χ3n) is 8.13. The summed E-state index contributed by atoms with van der Waals surface area (Å²) in [6.07, 6.45) is 7.96. The summed E-state index contributed by atoms with van der Waals surface area (Å²) in [5, 5.41) is 10.9. The van der Waals surface area contributed by atoms with Gasteiger partial charge in [0.05, 0.1) is 30.1 Å². The van der Waals surface area contributed by atoms with Crippen LogP contribution >= 0.6 is 0 Å².